The molecule has 0 saturated carbocycles. The SMILES string of the molecule is COc1ccc(Cl)cc1CN1CCC2(CCNC2)C1.Cl. The van der Waals surface area contributed by atoms with E-state index in [0.29, 0.717) is 5.41 Å². The number of methoxy groups -OCH3 is 1. The van der Waals surface area contributed by atoms with Crippen molar-refractivity contribution in [2.75, 3.05) is 33.3 Å². The smallest absolute Gasteiger partial charge is 0.123 e. The van der Waals surface area contributed by atoms with Gasteiger partial charge in [-0.2, -0.15) is 0 Å². The average Bonchev–Trinajstić information content (AvgIpc) is 3.01. The lowest BCUT2D eigenvalue weighted by atomic mass is 9.86. The molecule has 2 aliphatic rings. The fraction of sp³-hybridized carbons (Fsp3) is 0.600. The van der Waals surface area contributed by atoms with Gasteiger partial charge in [0.25, 0.3) is 0 Å². The highest BCUT2D eigenvalue weighted by Gasteiger charge is 2.40. The number of nitrogens with one attached hydrogen (secondary N) is 1. The zero-order valence-electron chi connectivity index (χ0n) is 11.8. The van der Waals surface area contributed by atoms with Crippen LogP contribution in [0.25, 0.3) is 0 Å². The summed E-state index contributed by atoms with van der Waals surface area (Å²) in [6.07, 6.45) is 2.62. The highest BCUT2D eigenvalue weighted by molar-refractivity contribution is 6.30. The van der Waals surface area contributed by atoms with E-state index < -0.39 is 0 Å². The third kappa shape index (κ3) is 3.22. The summed E-state index contributed by atoms with van der Waals surface area (Å²) in [4.78, 5) is 2.53. The van der Waals surface area contributed by atoms with Crippen LogP contribution < -0.4 is 10.1 Å². The van der Waals surface area contributed by atoms with E-state index in [1.807, 2.05) is 18.2 Å². The molecule has 2 saturated heterocycles. The fourth-order valence-electron chi connectivity index (χ4n) is 3.42. The fourth-order valence-corrected chi connectivity index (χ4v) is 3.61. The Morgan fingerprint density at radius 2 is 2.25 bits per heavy atom. The molecule has 1 spiro atoms. The zero-order chi connectivity index (χ0) is 13.3. The van der Waals surface area contributed by atoms with E-state index in [0.717, 1.165) is 17.3 Å². The number of nitrogens with zero attached hydrogens (tertiary/aromatic N) is 1. The predicted octanol–water partition coefficient (Wildman–Crippen LogP) is 2.96. The average molecular weight is 317 g/mol. The molecule has 0 aromatic heterocycles. The molecule has 5 heteroatoms. The second kappa shape index (κ2) is 6.52. The Balaban J connectivity index is 0.00000147. The van der Waals surface area contributed by atoms with Crippen LogP contribution in [0.15, 0.2) is 18.2 Å². The van der Waals surface area contributed by atoms with E-state index in [1.54, 1.807) is 7.11 Å². The molecular formula is C15H22Cl2N2O. The van der Waals surface area contributed by atoms with E-state index in [9.17, 15) is 0 Å². The minimum Gasteiger partial charge on any atom is -0.496 e. The number of ether oxygens (including phenoxy) is 1. The van der Waals surface area contributed by atoms with Crippen molar-refractivity contribution >= 4 is 24.0 Å². The first kappa shape index (κ1) is 15.9. The molecule has 2 aliphatic heterocycles. The molecule has 1 N–H and O–H groups in total. The van der Waals surface area contributed by atoms with Crippen LogP contribution in [-0.2, 0) is 6.54 Å². The summed E-state index contributed by atoms with van der Waals surface area (Å²) in [5.74, 6) is 0.940. The van der Waals surface area contributed by atoms with Crippen LogP contribution in [-0.4, -0.2) is 38.2 Å². The third-order valence-corrected chi connectivity index (χ3v) is 4.72. The first-order chi connectivity index (χ1) is 9.21. The Morgan fingerprint density at radius 3 is 2.95 bits per heavy atom. The van der Waals surface area contributed by atoms with Gasteiger partial charge in [-0.25, -0.2) is 0 Å². The van der Waals surface area contributed by atoms with Crippen molar-refractivity contribution in [3.8, 4) is 5.75 Å². The van der Waals surface area contributed by atoms with Gasteiger partial charge < -0.3 is 10.1 Å². The Bertz CT molecular complexity index is 461. The minimum atomic E-state index is 0. The summed E-state index contributed by atoms with van der Waals surface area (Å²) in [7, 11) is 1.72. The number of hydrogen-bond donors (Lipinski definition) is 1. The molecule has 0 radical (unpaired) electrons. The molecule has 1 atom stereocenters. The molecule has 2 fully saturated rings. The quantitative estimate of drug-likeness (QED) is 0.928. The van der Waals surface area contributed by atoms with Gasteiger partial charge in [-0.1, -0.05) is 11.6 Å². The summed E-state index contributed by atoms with van der Waals surface area (Å²) in [6.45, 7) is 5.66. The van der Waals surface area contributed by atoms with Crippen molar-refractivity contribution in [3.63, 3.8) is 0 Å². The highest BCUT2D eigenvalue weighted by Crippen LogP contribution is 2.37. The van der Waals surface area contributed by atoms with Crippen molar-refractivity contribution < 1.29 is 4.74 Å². The molecule has 112 valence electrons. The maximum Gasteiger partial charge on any atom is 0.123 e. The van der Waals surface area contributed by atoms with E-state index in [1.165, 1.54) is 44.6 Å². The van der Waals surface area contributed by atoms with Crippen molar-refractivity contribution in [1.82, 2.24) is 10.2 Å². The predicted molar refractivity (Wildman–Crippen MR) is 85.1 cm³/mol. The maximum absolute atomic E-state index is 6.10. The molecule has 2 heterocycles. The topological polar surface area (TPSA) is 24.5 Å². The summed E-state index contributed by atoms with van der Waals surface area (Å²) < 4.78 is 5.43. The summed E-state index contributed by atoms with van der Waals surface area (Å²) in [6, 6.07) is 5.87. The van der Waals surface area contributed by atoms with Crippen LogP contribution in [0.1, 0.15) is 18.4 Å². The number of likely N-dealkylation sites (tertiary alicyclic amines) is 1. The molecule has 3 rings (SSSR count). The van der Waals surface area contributed by atoms with Crippen LogP contribution >= 0.6 is 24.0 Å². The molecular weight excluding hydrogens is 295 g/mol. The molecule has 0 bridgehead atoms. The molecule has 1 aromatic carbocycles. The number of rotatable bonds is 3. The van der Waals surface area contributed by atoms with Gasteiger partial charge in [-0.15, -0.1) is 12.4 Å². The van der Waals surface area contributed by atoms with Gasteiger partial charge in [-0.3, -0.25) is 4.90 Å². The zero-order valence-corrected chi connectivity index (χ0v) is 13.4. The molecule has 1 aromatic rings. The number of benzene rings is 1. The molecule has 20 heavy (non-hydrogen) atoms. The van der Waals surface area contributed by atoms with Gasteiger partial charge in [0.05, 0.1) is 7.11 Å². The Kier molecular flexibility index (Phi) is 5.19. The van der Waals surface area contributed by atoms with Crippen molar-refractivity contribution in [1.29, 1.82) is 0 Å². The van der Waals surface area contributed by atoms with Gasteiger partial charge >= 0.3 is 0 Å². The maximum atomic E-state index is 6.10. The van der Waals surface area contributed by atoms with Crippen molar-refractivity contribution in [2.24, 2.45) is 5.41 Å². The first-order valence-corrected chi connectivity index (χ1v) is 7.34. The van der Waals surface area contributed by atoms with E-state index in [-0.39, 0.29) is 12.4 Å². The van der Waals surface area contributed by atoms with E-state index >= 15 is 0 Å². The normalized spacial score (nSPS) is 25.9. The van der Waals surface area contributed by atoms with Gasteiger partial charge in [0.15, 0.2) is 0 Å². The van der Waals surface area contributed by atoms with Crippen LogP contribution in [0.2, 0.25) is 5.02 Å². The Hall–Kier alpha value is -0.480. The standard InChI is InChI=1S/C15H21ClN2O.ClH/c1-19-14-3-2-13(16)8-12(14)9-18-7-5-15(11-18)4-6-17-10-15;/h2-3,8,17H,4-7,9-11H2,1H3;1H. The van der Waals surface area contributed by atoms with Gasteiger partial charge in [0.1, 0.15) is 5.75 Å². The van der Waals surface area contributed by atoms with Crippen molar-refractivity contribution in [3.05, 3.63) is 28.8 Å². The summed E-state index contributed by atoms with van der Waals surface area (Å²) >= 11 is 6.10. The van der Waals surface area contributed by atoms with Crippen molar-refractivity contribution in [2.45, 2.75) is 19.4 Å². The highest BCUT2D eigenvalue weighted by atomic mass is 35.5. The molecule has 1 unspecified atom stereocenters. The van der Waals surface area contributed by atoms with Crippen LogP contribution in [0, 0.1) is 5.41 Å². The second-order valence-corrected chi connectivity index (χ2v) is 6.28. The van der Waals surface area contributed by atoms with Crippen LogP contribution in [0.5, 0.6) is 5.75 Å². The lowest BCUT2D eigenvalue weighted by Crippen LogP contribution is -2.29. The van der Waals surface area contributed by atoms with E-state index in [4.69, 9.17) is 16.3 Å². The van der Waals surface area contributed by atoms with Gasteiger partial charge in [-0.05, 0) is 49.5 Å². The second-order valence-electron chi connectivity index (χ2n) is 5.84. The Labute approximate surface area is 132 Å². The number of hydrogen-bond acceptors (Lipinski definition) is 3. The molecule has 0 aliphatic carbocycles. The van der Waals surface area contributed by atoms with Crippen LogP contribution in [0.4, 0.5) is 0 Å². The minimum absolute atomic E-state index is 0. The van der Waals surface area contributed by atoms with Gasteiger partial charge in [0.2, 0.25) is 0 Å². The van der Waals surface area contributed by atoms with Crippen LogP contribution in [0.3, 0.4) is 0 Å². The third-order valence-electron chi connectivity index (χ3n) is 4.49. The lowest BCUT2D eigenvalue weighted by molar-refractivity contribution is 0.265. The molecule has 3 nitrogen and oxygen atoms in total. The Morgan fingerprint density at radius 1 is 1.40 bits per heavy atom. The molecule has 0 amide bonds. The summed E-state index contributed by atoms with van der Waals surface area (Å²) in [5, 5.41) is 4.28. The lowest BCUT2D eigenvalue weighted by Gasteiger charge is -2.23. The van der Waals surface area contributed by atoms with Gasteiger partial charge in [0, 0.05) is 30.2 Å². The first-order valence-electron chi connectivity index (χ1n) is 6.96. The monoisotopic (exact) mass is 316 g/mol. The van der Waals surface area contributed by atoms with E-state index in [2.05, 4.69) is 10.2 Å². The summed E-state index contributed by atoms with van der Waals surface area (Å²) in [5.41, 5.74) is 1.71. The number of halogens is 2. The largest absolute Gasteiger partial charge is 0.496 e.